The van der Waals surface area contributed by atoms with Crippen molar-refractivity contribution in [1.82, 2.24) is 10.2 Å². The minimum absolute atomic E-state index is 0.244. The van der Waals surface area contributed by atoms with Gasteiger partial charge in [-0.3, -0.25) is 9.69 Å². The lowest BCUT2D eigenvalue weighted by Crippen LogP contribution is -2.45. The monoisotopic (exact) mass is 329 g/mol. The van der Waals surface area contributed by atoms with Gasteiger partial charge in [0, 0.05) is 42.8 Å². The third-order valence-corrected chi connectivity index (χ3v) is 4.59. The van der Waals surface area contributed by atoms with Gasteiger partial charge in [0.25, 0.3) is 0 Å². The Kier molecular flexibility index (Phi) is 4.96. The van der Waals surface area contributed by atoms with Crippen LogP contribution in [0.1, 0.15) is 27.5 Å². The van der Waals surface area contributed by atoms with Crippen molar-refractivity contribution in [3.8, 4) is 0 Å². The number of nitrogens with two attached hydrogens (primary N) is 1. The number of rotatable bonds is 4. The summed E-state index contributed by atoms with van der Waals surface area (Å²) in [5.74, 6) is -0.396. The summed E-state index contributed by atoms with van der Waals surface area (Å²) in [4.78, 5) is 13.6. The molecule has 2 aromatic carbocycles. The standard InChI is InChI=1S/C18H20ClN3O/c19-16-4-2-1-3-15(16)17-11-21-9-10-22(17)12-13-5-7-14(8-6-13)18(20)23/h1-8,17,21H,9-12H2,(H2,20,23). The van der Waals surface area contributed by atoms with Crippen molar-refractivity contribution >= 4 is 17.5 Å². The van der Waals surface area contributed by atoms with E-state index in [2.05, 4.69) is 16.3 Å². The predicted molar refractivity (Wildman–Crippen MR) is 92.4 cm³/mol. The van der Waals surface area contributed by atoms with E-state index in [1.165, 1.54) is 0 Å². The SMILES string of the molecule is NC(=O)c1ccc(CN2CCNCC2c2ccccc2Cl)cc1. The quantitative estimate of drug-likeness (QED) is 0.906. The van der Waals surface area contributed by atoms with Crippen LogP contribution in [-0.2, 0) is 6.54 Å². The van der Waals surface area contributed by atoms with Gasteiger partial charge in [0.05, 0.1) is 0 Å². The van der Waals surface area contributed by atoms with Gasteiger partial charge >= 0.3 is 0 Å². The molecule has 0 radical (unpaired) electrons. The molecule has 1 unspecified atom stereocenters. The number of carbonyl (C=O) groups is 1. The molecule has 0 saturated carbocycles. The molecule has 3 N–H and O–H groups in total. The van der Waals surface area contributed by atoms with Crippen molar-refractivity contribution in [3.63, 3.8) is 0 Å². The van der Waals surface area contributed by atoms with Crippen LogP contribution in [0.4, 0.5) is 0 Å². The highest BCUT2D eigenvalue weighted by Crippen LogP contribution is 2.29. The number of piperazine rings is 1. The molecule has 0 spiro atoms. The molecule has 1 aliphatic rings. The Balaban J connectivity index is 1.79. The van der Waals surface area contributed by atoms with E-state index < -0.39 is 5.91 Å². The van der Waals surface area contributed by atoms with E-state index in [9.17, 15) is 4.79 Å². The molecule has 0 aromatic heterocycles. The summed E-state index contributed by atoms with van der Waals surface area (Å²) >= 11 is 6.38. The van der Waals surface area contributed by atoms with Crippen LogP contribution in [0.3, 0.4) is 0 Å². The number of primary amides is 1. The smallest absolute Gasteiger partial charge is 0.248 e. The number of nitrogens with zero attached hydrogens (tertiary/aromatic N) is 1. The van der Waals surface area contributed by atoms with Crippen molar-refractivity contribution in [2.75, 3.05) is 19.6 Å². The second-order valence-electron chi connectivity index (χ2n) is 5.77. The number of hydrogen-bond donors (Lipinski definition) is 2. The number of nitrogens with one attached hydrogen (secondary N) is 1. The lowest BCUT2D eigenvalue weighted by Gasteiger charge is -2.37. The number of carbonyl (C=O) groups excluding carboxylic acids is 1. The average molecular weight is 330 g/mol. The summed E-state index contributed by atoms with van der Waals surface area (Å²) in [6, 6.07) is 15.7. The fraction of sp³-hybridized carbons (Fsp3) is 0.278. The van der Waals surface area contributed by atoms with E-state index >= 15 is 0 Å². The van der Waals surface area contributed by atoms with E-state index in [4.69, 9.17) is 17.3 Å². The molecule has 4 nitrogen and oxygen atoms in total. The average Bonchev–Trinajstić information content (AvgIpc) is 2.56. The molecule has 1 fully saturated rings. The molecule has 1 saturated heterocycles. The van der Waals surface area contributed by atoms with Gasteiger partial charge in [0.15, 0.2) is 0 Å². The fourth-order valence-electron chi connectivity index (χ4n) is 3.00. The van der Waals surface area contributed by atoms with E-state index in [0.717, 1.165) is 42.3 Å². The van der Waals surface area contributed by atoms with Gasteiger partial charge in [-0.05, 0) is 29.3 Å². The Hall–Kier alpha value is -1.88. The Morgan fingerprint density at radius 1 is 1.22 bits per heavy atom. The van der Waals surface area contributed by atoms with E-state index in [-0.39, 0.29) is 6.04 Å². The van der Waals surface area contributed by atoms with Gasteiger partial charge in [-0.2, -0.15) is 0 Å². The molecule has 1 atom stereocenters. The van der Waals surface area contributed by atoms with Gasteiger partial charge in [0.2, 0.25) is 5.91 Å². The van der Waals surface area contributed by atoms with Crippen LogP contribution in [0.25, 0.3) is 0 Å². The van der Waals surface area contributed by atoms with Crippen LogP contribution < -0.4 is 11.1 Å². The molecule has 23 heavy (non-hydrogen) atoms. The second-order valence-corrected chi connectivity index (χ2v) is 6.18. The maximum absolute atomic E-state index is 11.2. The molecule has 120 valence electrons. The molecule has 1 amide bonds. The van der Waals surface area contributed by atoms with Crippen molar-refractivity contribution in [2.24, 2.45) is 5.73 Å². The van der Waals surface area contributed by atoms with Crippen molar-refractivity contribution < 1.29 is 4.79 Å². The highest BCUT2D eigenvalue weighted by molar-refractivity contribution is 6.31. The van der Waals surface area contributed by atoms with Crippen LogP contribution in [0.5, 0.6) is 0 Å². The maximum Gasteiger partial charge on any atom is 0.248 e. The molecule has 1 aliphatic heterocycles. The van der Waals surface area contributed by atoms with Gasteiger partial charge < -0.3 is 11.1 Å². The lowest BCUT2D eigenvalue weighted by atomic mass is 10.0. The van der Waals surface area contributed by atoms with Crippen LogP contribution in [0.15, 0.2) is 48.5 Å². The second kappa shape index (κ2) is 7.13. The summed E-state index contributed by atoms with van der Waals surface area (Å²) in [5.41, 5.74) is 8.14. The van der Waals surface area contributed by atoms with Gasteiger partial charge in [-0.25, -0.2) is 0 Å². The summed E-state index contributed by atoms with van der Waals surface area (Å²) in [6.07, 6.45) is 0. The summed E-state index contributed by atoms with van der Waals surface area (Å²) in [7, 11) is 0. The highest BCUT2D eigenvalue weighted by Gasteiger charge is 2.25. The Bertz CT molecular complexity index is 687. The predicted octanol–water partition coefficient (Wildman–Crippen LogP) is 2.59. The largest absolute Gasteiger partial charge is 0.366 e. The first kappa shape index (κ1) is 16.0. The molecule has 0 bridgehead atoms. The Morgan fingerprint density at radius 3 is 2.65 bits per heavy atom. The van der Waals surface area contributed by atoms with Crippen molar-refractivity contribution in [1.29, 1.82) is 0 Å². The maximum atomic E-state index is 11.2. The summed E-state index contributed by atoms with van der Waals surface area (Å²) < 4.78 is 0. The lowest BCUT2D eigenvalue weighted by molar-refractivity contribution is 0.1000. The van der Waals surface area contributed by atoms with Crippen molar-refractivity contribution in [3.05, 3.63) is 70.2 Å². The number of hydrogen-bond acceptors (Lipinski definition) is 3. The first-order valence-corrected chi connectivity index (χ1v) is 8.11. The molecule has 1 heterocycles. The Labute approximate surface area is 141 Å². The number of benzene rings is 2. The zero-order valence-corrected chi connectivity index (χ0v) is 13.6. The zero-order chi connectivity index (χ0) is 16.2. The van der Waals surface area contributed by atoms with Gasteiger partial charge in [0.1, 0.15) is 0 Å². The summed E-state index contributed by atoms with van der Waals surface area (Å²) in [6.45, 7) is 3.60. The van der Waals surface area contributed by atoms with E-state index in [1.807, 2.05) is 30.3 Å². The Morgan fingerprint density at radius 2 is 1.96 bits per heavy atom. The van der Waals surface area contributed by atoms with Crippen LogP contribution in [0.2, 0.25) is 5.02 Å². The topological polar surface area (TPSA) is 58.4 Å². The zero-order valence-electron chi connectivity index (χ0n) is 12.8. The number of amides is 1. The first-order chi connectivity index (χ1) is 11.1. The van der Waals surface area contributed by atoms with E-state index in [1.54, 1.807) is 12.1 Å². The normalized spacial score (nSPS) is 18.7. The van der Waals surface area contributed by atoms with Crippen LogP contribution in [-0.4, -0.2) is 30.4 Å². The number of halogens is 1. The highest BCUT2D eigenvalue weighted by atomic mass is 35.5. The van der Waals surface area contributed by atoms with Gasteiger partial charge in [-0.15, -0.1) is 0 Å². The van der Waals surface area contributed by atoms with Crippen LogP contribution in [0, 0.1) is 0 Å². The fourth-order valence-corrected chi connectivity index (χ4v) is 3.26. The minimum Gasteiger partial charge on any atom is -0.366 e. The summed E-state index contributed by atoms with van der Waals surface area (Å²) in [5, 5.41) is 4.24. The molecular weight excluding hydrogens is 310 g/mol. The molecule has 2 aromatic rings. The molecule has 0 aliphatic carbocycles. The third kappa shape index (κ3) is 3.72. The molecular formula is C18H20ClN3O. The molecule has 3 rings (SSSR count). The van der Waals surface area contributed by atoms with Gasteiger partial charge in [-0.1, -0.05) is 41.9 Å². The molecule has 5 heteroatoms. The van der Waals surface area contributed by atoms with Crippen LogP contribution >= 0.6 is 11.6 Å². The van der Waals surface area contributed by atoms with E-state index in [0.29, 0.717) is 5.56 Å². The minimum atomic E-state index is -0.396. The van der Waals surface area contributed by atoms with Crippen molar-refractivity contribution in [2.45, 2.75) is 12.6 Å². The first-order valence-electron chi connectivity index (χ1n) is 7.73. The third-order valence-electron chi connectivity index (χ3n) is 4.24.